The van der Waals surface area contributed by atoms with Crippen LogP contribution in [0.4, 0.5) is 11.4 Å². The number of anilines is 2. The third-order valence-electron chi connectivity index (χ3n) is 9.35. The van der Waals surface area contributed by atoms with E-state index in [0.717, 1.165) is 24.4 Å². The van der Waals surface area contributed by atoms with E-state index in [2.05, 4.69) is 20.8 Å². The molecule has 2 saturated heterocycles. The number of aromatic hydroxyl groups is 1. The SMILES string of the molecule is CC1=CC(=O)C2=C(CC3C(=CCC4C(=O)N(c5ccc(N6CCOCC6)cc5)C(=O)C43)C2c2cc(Br)ccc2O)C1=O. The molecule has 5 aliphatic rings. The number of Topliss-reactive ketones (excluding diaryl/α,β-unsaturated/α-hetero) is 1. The number of hydrogen-bond acceptors (Lipinski definition) is 7. The van der Waals surface area contributed by atoms with Crippen molar-refractivity contribution in [1.29, 1.82) is 0 Å². The van der Waals surface area contributed by atoms with E-state index < -0.39 is 23.7 Å². The lowest BCUT2D eigenvalue weighted by molar-refractivity contribution is -0.123. The number of benzene rings is 2. The quantitative estimate of drug-likeness (QED) is 0.300. The zero-order valence-corrected chi connectivity index (χ0v) is 24.6. The largest absolute Gasteiger partial charge is 0.508 e. The van der Waals surface area contributed by atoms with E-state index in [1.165, 1.54) is 11.0 Å². The molecule has 1 N–H and O–H groups in total. The van der Waals surface area contributed by atoms with Crippen molar-refractivity contribution in [2.24, 2.45) is 17.8 Å². The Morgan fingerprint density at radius 2 is 1.64 bits per heavy atom. The van der Waals surface area contributed by atoms with Crippen LogP contribution in [0.3, 0.4) is 0 Å². The van der Waals surface area contributed by atoms with Gasteiger partial charge in [0.15, 0.2) is 11.6 Å². The minimum atomic E-state index is -0.692. The van der Waals surface area contributed by atoms with Crippen LogP contribution in [0.2, 0.25) is 0 Å². The van der Waals surface area contributed by atoms with Crippen LogP contribution in [0.15, 0.2) is 81.4 Å². The molecule has 0 radical (unpaired) electrons. The van der Waals surface area contributed by atoms with Crippen molar-refractivity contribution < 1.29 is 29.0 Å². The monoisotopic (exact) mass is 628 g/mol. The maximum atomic E-state index is 14.1. The van der Waals surface area contributed by atoms with Gasteiger partial charge in [0.1, 0.15) is 5.75 Å². The van der Waals surface area contributed by atoms with E-state index in [1.54, 1.807) is 25.1 Å². The Balaban J connectivity index is 1.28. The van der Waals surface area contributed by atoms with Crippen LogP contribution in [-0.2, 0) is 23.9 Å². The van der Waals surface area contributed by atoms with Crippen molar-refractivity contribution >= 4 is 50.7 Å². The topological polar surface area (TPSA) is 104 Å². The van der Waals surface area contributed by atoms with Gasteiger partial charge in [-0.05, 0) is 74.2 Å². The van der Waals surface area contributed by atoms with Crippen molar-refractivity contribution in [2.75, 3.05) is 36.1 Å². The summed E-state index contributed by atoms with van der Waals surface area (Å²) in [4.78, 5) is 58.3. The van der Waals surface area contributed by atoms with E-state index in [0.29, 0.717) is 52.1 Å². The van der Waals surface area contributed by atoms with E-state index >= 15 is 0 Å². The number of carbonyl (C=O) groups is 4. The van der Waals surface area contributed by atoms with Crippen LogP contribution in [0.25, 0.3) is 0 Å². The van der Waals surface area contributed by atoms with E-state index in [4.69, 9.17) is 4.74 Å². The molecule has 2 aromatic rings. The molecule has 3 aliphatic carbocycles. The van der Waals surface area contributed by atoms with Gasteiger partial charge >= 0.3 is 0 Å². The summed E-state index contributed by atoms with van der Waals surface area (Å²) in [5.74, 6) is -3.40. The summed E-state index contributed by atoms with van der Waals surface area (Å²) in [5.41, 5.74) is 3.92. The van der Waals surface area contributed by atoms with Crippen molar-refractivity contribution in [3.8, 4) is 5.75 Å². The Hall–Kier alpha value is -3.82. The van der Waals surface area contributed by atoms with Crippen molar-refractivity contribution in [3.63, 3.8) is 0 Å². The number of phenols is 1. The minimum absolute atomic E-state index is 0.000978. The smallest absolute Gasteiger partial charge is 0.238 e. The molecule has 8 nitrogen and oxygen atoms in total. The third-order valence-corrected chi connectivity index (χ3v) is 9.84. The Labute approximate surface area is 251 Å². The molecular formula is C33H29BrN2O6. The summed E-state index contributed by atoms with van der Waals surface area (Å²) in [7, 11) is 0. The fourth-order valence-electron chi connectivity index (χ4n) is 7.38. The second-order valence-electron chi connectivity index (χ2n) is 11.6. The summed E-state index contributed by atoms with van der Waals surface area (Å²) in [6.07, 6.45) is 3.86. The van der Waals surface area contributed by atoms with Crippen molar-refractivity contribution in [1.82, 2.24) is 0 Å². The Kier molecular flexibility index (Phi) is 6.55. The van der Waals surface area contributed by atoms with Gasteiger partial charge in [-0.3, -0.25) is 24.1 Å². The van der Waals surface area contributed by atoms with Gasteiger partial charge in [0.25, 0.3) is 0 Å². The van der Waals surface area contributed by atoms with Gasteiger partial charge < -0.3 is 14.7 Å². The molecule has 2 fully saturated rings. The number of fused-ring (bicyclic) bond motifs is 3. The molecule has 2 amide bonds. The lowest BCUT2D eigenvalue weighted by Gasteiger charge is -2.42. The average Bonchev–Trinajstić information content (AvgIpc) is 3.26. The van der Waals surface area contributed by atoms with Crippen molar-refractivity contribution in [3.05, 3.63) is 86.9 Å². The lowest BCUT2D eigenvalue weighted by Crippen LogP contribution is -2.39. The zero-order chi connectivity index (χ0) is 29.3. The highest BCUT2D eigenvalue weighted by Gasteiger charge is 2.56. The number of ether oxygens (including phenoxy) is 1. The second kappa shape index (κ2) is 10.2. The number of allylic oxidation sites excluding steroid dienone is 6. The first kappa shape index (κ1) is 27.0. The van der Waals surface area contributed by atoms with Gasteiger partial charge in [-0.15, -0.1) is 0 Å². The molecule has 0 saturated carbocycles. The molecule has 0 spiro atoms. The Morgan fingerprint density at radius 3 is 2.38 bits per heavy atom. The molecule has 42 heavy (non-hydrogen) atoms. The average molecular weight is 630 g/mol. The molecule has 0 bridgehead atoms. The number of rotatable bonds is 3. The standard InChI is InChI=1S/C33H29BrN2O6/c1-17-14-27(38)30-25(31(17)39)16-23-21(28(30)24-15-18(34)2-9-26(24)37)7-8-22-29(23)33(41)36(32(22)40)20-5-3-19(4-6-20)35-10-12-42-13-11-35/h2-7,9,14-15,22-23,28-29,37H,8,10-13,16H2,1H3. The molecule has 0 aromatic heterocycles. The number of halogens is 1. The summed E-state index contributed by atoms with van der Waals surface area (Å²) < 4.78 is 6.16. The number of hydrogen-bond donors (Lipinski definition) is 1. The fraction of sp³-hybridized carbons (Fsp3) is 0.333. The fourth-order valence-corrected chi connectivity index (χ4v) is 7.76. The highest BCUT2D eigenvalue weighted by Crippen LogP contribution is 2.56. The van der Waals surface area contributed by atoms with Crippen LogP contribution in [0, 0.1) is 17.8 Å². The van der Waals surface area contributed by atoms with Gasteiger partial charge in [-0.1, -0.05) is 27.6 Å². The number of carbonyl (C=O) groups excluding carboxylic acids is 4. The number of ketones is 2. The number of nitrogens with zero attached hydrogens (tertiary/aromatic N) is 2. The Bertz CT molecular complexity index is 1650. The van der Waals surface area contributed by atoms with Crippen LogP contribution in [0.5, 0.6) is 5.75 Å². The molecule has 9 heteroatoms. The predicted molar refractivity (Wildman–Crippen MR) is 159 cm³/mol. The molecule has 4 unspecified atom stereocenters. The highest BCUT2D eigenvalue weighted by atomic mass is 79.9. The van der Waals surface area contributed by atoms with Gasteiger partial charge in [-0.25, -0.2) is 0 Å². The molecule has 214 valence electrons. The minimum Gasteiger partial charge on any atom is -0.508 e. The zero-order valence-electron chi connectivity index (χ0n) is 23.0. The second-order valence-corrected chi connectivity index (χ2v) is 12.5. The summed E-state index contributed by atoms with van der Waals surface area (Å²) in [6, 6.07) is 12.5. The van der Waals surface area contributed by atoms with Crippen LogP contribution in [0.1, 0.15) is 31.2 Å². The summed E-state index contributed by atoms with van der Waals surface area (Å²) in [6.45, 7) is 4.50. The van der Waals surface area contributed by atoms with E-state index in [-0.39, 0.29) is 35.6 Å². The number of imide groups is 1. The number of morpholine rings is 1. The summed E-state index contributed by atoms with van der Waals surface area (Å²) >= 11 is 3.48. The van der Waals surface area contributed by atoms with Gasteiger partial charge in [0.2, 0.25) is 11.8 Å². The van der Waals surface area contributed by atoms with Crippen LogP contribution < -0.4 is 9.80 Å². The normalized spacial score (nSPS) is 27.5. The van der Waals surface area contributed by atoms with Gasteiger partial charge in [-0.2, -0.15) is 0 Å². The molecule has 4 atom stereocenters. The first-order chi connectivity index (χ1) is 20.2. The first-order valence-electron chi connectivity index (χ1n) is 14.2. The van der Waals surface area contributed by atoms with E-state index in [9.17, 15) is 24.3 Å². The maximum absolute atomic E-state index is 14.1. The number of amides is 2. The highest BCUT2D eigenvalue weighted by molar-refractivity contribution is 9.10. The maximum Gasteiger partial charge on any atom is 0.238 e. The Morgan fingerprint density at radius 1 is 0.929 bits per heavy atom. The van der Waals surface area contributed by atoms with Gasteiger partial charge in [0.05, 0.1) is 30.7 Å². The third kappa shape index (κ3) is 4.13. The van der Waals surface area contributed by atoms with Crippen LogP contribution in [-0.4, -0.2) is 54.8 Å². The molecule has 7 rings (SSSR count). The molecular weight excluding hydrogens is 600 g/mol. The lowest BCUT2D eigenvalue weighted by atomic mass is 9.59. The van der Waals surface area contributed by atoms with E-state index in [1.807, 2.05) is 30.3 Å². The first-order valence-corrected chi connectivity index (χ1v) is 15.0. The van der Waals surface area contributed by atoms with Crippen molar-refractivity contribution in [2.45, 2.75) is 25.7 Å². The predicted octanol–water partition coefficient (Wildman–Crippen LogP) is 4.63. The molecule has 2 aromatic carbocycles. The molecule has 2 heterocycles. The summed E-state index contributed by atoms with van der Waals surface area (Å²) in [5, 5.41) is 10.9. The number of phenolic OH excluding ortho intramolecular Hbond substituents is 1. The molecule has 2 aliphatic heterocycles. The van der Waals surface area contributed by atoms with Gasteiger partial charge in [0, 0.05) is 51.5 Å². The van der Waals surface area contributed by atoms with Crippen LogP contribution >= 0.6 is 15.9 Å².